The van der Waals surface area contributed by atoms with Crippen molar-refractivity contribution in [2.45, 2.75) is 20.0 Å². The first kappa shape index (κ1) is 12.6. The van der Waals surface area contributed by atoms with E-state index < -0.39 is 0 Å². The third kappa shape index (κ3) is 3.81. The molecule has 0 radical (unpaired) electrons. The Hall–Kier alpha value is -0.880. The molecule has 3 nitrogen and oxygen atoms in total. The van der Waals surface area contributed by atoms with Gasteiger partial charge < -0.3 is 5.32 Å². The first-order valence-corrected chi connectivity index (χ1v) is 6.82. The van der Waals surface area contributed by atoms with Crippen LogP contribution in [0, 0.1) is 3.57 Å². The first-order chi connectivity index (χ1) is 8.28. The van der Waals surface area contributed by atoms with Gasteiger partial charge >= 0.3 is 0 Å². The third-order valence-electron chi connectivity index (χ3n) is 2.52. The van der Waals surface area contributed by atoms with Gasteiger partial charge in [0.15, 0.2) is 0 Å². The van der Waals surface area contributed by atoms with Crippen molar-refractivity contribution < 1.29 is 0 Å². The molecule has 1 N–H and O–H groups in total. The normalized spacial score (nSPS) is 10.7. The summed E-state index contributed by atoms with van der Waals surface area (Å²) in [5, 5.41) is 7.66. The maximum atomic E-state index is 4.36. The lowest BCUT2D eigenvalue weighted by Crippen LogP contribution is -2.11. The van der Waals surface area contributed by atoms with Crippen molar-refractivity contribution in [3.05, 3.63) is 51.4 Å². The van der Waals surface area contributed by atoms with Crippen LogP contribution >= 0.6 is 22.6 Å². The fourth-order valence-electron chi connectivity index (χ4n) is 1.63. The van der Waals surface area contributed by atoms with Crippen LogP contribution in [0.2, 0.25) is 0 Å². The van der Waals surface area contributed by atoms with Crippen LogP contribution in [0.4, 0.5) is 0 Å². The molecule has 0 unspecified atom stereocenters. The minimum absolute atomic E-state index is 0.836. The number of halogens is 1. The minimum Gasteiger partial charge on any atom is -0.313 e. The lowest BCUT2D eigenvalue weighted by molar-refractivity contribution is 0.683. The van der Waals surface area contributed by atoms with Gasteiger partial charge in [-0.1, -0.05) is 19.1 Å². The standard InChI is InChI=1S/C13H16IN3/c1-2-15-7-12-8-16-17(10-12)9-11-3-5-13(14)6-4-11/h3-6,8,10,15H,2,7,9H2,1H3. The predicted molar refractivity (Wildman–Crippen MR) is 77.9 cm³/mol. The Morgan fingerprint density at radius 2 is 2.00 bits per heavy atom. The molecule has 0 fully saturated rings. The van der Waals surface area contributed by atoms with Gasteiger partial charge in [-0.05, 0) is 46.8 Å². The minimum atomic E-state index is 0.836. The molecule has 90 valence electrons. The summed E-state index contributed by atoms with van der Waals surface area (Å²) in [6.45, 7) is 4.82. The van der Waals surface area contributed by atoms with Gasteiger partial charge in [0.05, 0.1) is 12.7 Å². The summed E-state index contributed by atoms with van der Waals surface area (Å²) in [5.41, 5.74) is 2.51. The Morgan fingerprint density at radius 3 is 2.71 bits per heavy atom. The zero-order valence-electron chi connectivity index (χ0n) is 9.86. The molecular formula is C13H16IN3. The number of benzene rings is 1. The van der Waals surface area contributed by atoms with E-state index in [1.165, 1.54) is 14.7 Å². The highest BCUT2D eigenvalue weighted by Crippen LogP contribution is 2.08. The van der Waals surface area contributed by atoms with Gasteiger partial charge in [0, 0.05) is 21.9 Å². The van der Waals surface area contributed by atoms with E-state index in [0.29, 0.717) is 0 Å². The number of nitrogens with one attached hydrogen (secondary N) is 1. The lowest BCUT2D eigenvalue weighted by Gasteiger charge is -2.02. The Labute approximate surface area is 115 Å². The summed E-state index contributed by atoms with van der Waals surface area (Å²) >= 11 is 2.32. The third-order valence-corrected chi connectivity index (χ3v) is 3.24. The molecule has 0 spiro atoms. The van der Waals surface area contributed by atoms with Crippen molar-refractivity contribution in [1.29, 1.82) is 0 Å². The van der Waals surface area contributed by atoms with Crippen LogP contribution in [-0.2, 0) is 13.1 Å². The van der Waals surface area contributed by atoms with E-state index in [0.717, 1.165) is 19.6 Å². The lowest BCUT2D eigenvalue weighted by atomic mass is 10.2. The molecule has 0 amide bonds. The topological polar surface area (TPSA) is 29.9 Å². The summed E-state index contributed by atoms with van der Waals surface area (Å²) in [6.07, 6.45) is 4.02. The molecule has 0 aliphatic carbocycles. The molecule has 0 aliphatic rings. The highest BCUT2D eigenvalue weighted by molar-refractivity contribution is 14.1. The maximum Gasteiger partial charge on any atom is 0.0659 e. The van der Waals surface area contributed by atoms with E-state index >= 15 is 0 Å². The highest BCUT2D eigenvalue weighted by Gasteiger charge is 1.99. The van der Waals surface area contributed by atoms with Gasteiger partial charge in [-0.15, -0.1) is 0 Å². The molecule has 1 aromatic carbocycles. The fraction of sp³-hybridized carbons (Fsp3) is 0.308. The molecule has 0 atom stereocenters. The van der Waals surface area contributed by atoms with Crippen LogP contribution in [0.1, 0.15) is 18.1 Å². The average molecular weight is 341 g/mol. The summed E-state index contributed by atoms with van der Waals surface area (Å²) < 4.78 is 3.24. The van der Waals surface area contributed by atoms with E-state index in [1.54, 1.807) is 0 Å². The molecule has 0 saturated carbocycles. The zero-order chi connectivity index (χ0) is 12.1. The molecule has 1 heterocycles. The smallest absolute Gasteiger partial charge is 0.0659 e. The quantitative estimate of drug-likeness (QED) is 0.848. The van der Waals surface area contributed by atoms with Crippen molar-refractivity contribution in [3.8, 4) is 0 Å². The van der Waals surface area contributed by atoms with E-state index in [4.69, 9.17) is 0 Å². The Bertz CT molecular complexity index is 462. The summed E-state index contributed by atoms with van der Waals surface area (Å²) in [4.78, 5) is 0. The Balaban J connectivity index is 1.98. The SMILES string of the molecule is CCNCc1cnn(Cc2ccc(I)cc2)c1. The second kappa shape index (κ2) is 6.16. The van der Waals surface area contributed by atoms with Crippen molar-refractivity contribution >= 4 is 22.6 Å². The van der Waals surface area contributed by atoms with Gasteiger partial charge in [-0.2, -0.15) is 5.10 Å². The molecule has 0 bridgehead atoms. The van der Waals surface area contributed by atoms with Crippen LogP contribution in [0.25, 0.3) is 0 Å². The number of hydrogen-bond donors (Lipinski definition) is 1. The molecule has 0 saturated heterocycles. The highest BCUT2D eigenvalue weighted by atomic mass is 127. The zero-order valence-corrected chi connectivity index (χ0v) is 12.0. The fourth-order valence-corrected chi connectivity index (χ4v) is 1.99. The van der Waals surface area contributed by atoms with Gasteiger partial charge in [0.2, 0.25) is 0 Å². The number of rotatable bonds is 5. The van der Waals surface area contributed by atoms with Gasteiger partial charge in [0.25, 0.3) is 0 Å². The van der Waals surface area contributed by atoms with Crippen LogP contribution in [0.15, 0.2) is 36.7 Å². The first-order valence-electron chi connectivity index (χ1n) is 5.74. The molecule has 17 heavy (non-hydrogen) atoms. The van der Waals surface area contributed by atoms with Crippen LogP contribution in [0.3, 0.4) is 0 Å². The van der Waals surface area contributed by atoms with Crippen molar-refractivity contribution in [2.75, 3.05) is 6.54 Å². The molecule has 2 rings (SSSR count). The van der Waals surface area contributed by atoms with Crippen molar-refractivity contribution in [2.24, 2.45) is 0 Å². The van der Waals surface area contributed by atoms with Crippen molar-refractivity contribution in [1.82, 2.24) is 15.1 Å². The van der Waals surface area contributed by atoms with Gasteiger partial charge in [-0.3, -0.25) is 4.68 Å². The second-order valence-electron chi connectivity index (χ2n) is 3.95. The van der Waals surface area contributed by atoms with E-state index in [1.807, 2.05) is 10.9 Å². The Morgan fingerprint density at radius 1 is 1.24 bits per heavy atom. The number of nitrogens with zero attached hydrogens (tertiary/aromatic N) is 2. The summed E-state index contributed by atoms with van der Waals surface area (Å²) in [6, 6.07) is 8.54. The van der Waals surface area contributed by atoms with E-state index in [-0.39, 0.29) is 0 Å². The summed E-state index contributed by atoms with van der Waals surface area (Å²) in [7, 11) is 0. The Kier molecular flexibility index (Phi) is 4.56. The molecule has 4 heteroatoms. The van der Waals surface area contributed by atoms with Crippen LogP contribution in [0.5, 0.6) is 0 Å². The molecule has 0 aliphatic heterocycles. The van der Waals surface area contributed by atoms with E-state index in [9.17, 15) is 0 Å². The van der Waals surface area contributed by atoms with Gasteiger partial charge in [0.1, 0.15) is 0 Å². The monoisotopic (exact) mass is 341 g/mol. The largest absolute Gasteiger partial charge is 0.313 e. The van der Waals surface area contributed by atoms with E-state index in [2.05, 4.69) is 70.4 Å². The molecule has 2 aromatic rings. The average Bonchev–Trinajstić information content (AvgIpc) is 2.77. The molecular weight excluding hydrogens is 325 g/mol. The predicted octanol–water partition coefficient (Wildman–Crippen LogP) is 2.65. The van der Waals surface area contributed by atoms with Crippen LogP contribution in [-0.4, -0.2) is 16.3 Å². The van der Waals surface area contributed by atoms with Crippen molar-refractivity contribution in [3.63, 3.8) is 0 Å². The number of hydrogen-bond acceptors (Lipinski definition) is 2. The number of aromatic nitrogens is 2. The molecule has 1 aromatic heterocycles. The summed E-state index contributed by atoms with van der Waals surface area (Å²) in [5.74, 6) is 0. The van der Waals surface area contributed by atoms with Crippen LogP contribution < -0.4 is 5.32 Å². The van der Waals surface area contributed by atoms with Gasteiger partial charge in [-0.25, -0.2) is 0 Å². The second-order valence-corrected chi connectivity index (χ2v) is 5.20. The maximum absolute atomic E-state index is 4.36.